The first-order valence-electron chi connectivity index (χ1n) is 7.34. The number of halogens is 1. The van der Waals surface area contributed by atoms with Crippen LogP contribution in [0.2, 0.25) is 0 Å². The second-order valence-corrected chi connectivity index (χ2v) is 5.67. The molecule has 0 fully saturated rings. The van der Waals surface area contributed by atoms with E-state index in [1.165, 1.54) is 43.2 Å². The van der Waals surface area contributed by atoms with Crippen molar-refractivity contribution >= 4 is 11.6 Å². The van der Waals surface area contributed by atoms with Crippen molar-refractivity contribution in [3.8, 4) is 0 Å². The van der Waals surface area contributed by atoms with Crippen LogP contribution in [-0.4, -0.2) is 5.88 Å². The van der Waals surface area contributed by atoms with Gasteiger partial charge in [-0.2, -0.15) is 0 Å². The molecule has 0 heterocycles. The van der Waals surface area contributed by atoms with Crippen LogP contribution in [0.1, 0.15) is 63.0 Å². The van der Waals surface area contributed by atoms with Gasteiger partial charge in [-0.15, -0.1) is 11.6 Å². The maximum absolute atomic E-state index is 6.21. The lowest BCUT2D eigenvalue weighted by atomic mass is 9.84. The van der Waals surface area contributed by atoms with E-state index in [0.29, 0.717) is 5.92 Å². The minimum absolute atomic E-state index is 0.523. The molecule has 0 saturated carbocycles. The summed E-state index contributed by atoms with van der Waals surface area (Å²) in [5.74, 6) is 2.09. The zero-order chi connectivity index (χ0) is 13.4. The van der Waals surface area contributed by atoms with E-state index in [1.54, 1.807) is 0 Å². The summed E-state index contributed by atoms with van der Waals surface area (Å²) in [6.07, 6.45) is 6.52. The third-order valence-corrected chi connectivity index (χ3v) is 4.35. The van der Waals surface area contributed by atoms with Crippen LogP contribution < -0.4 is 0 Å². The predicted molar refractivity (Wildman–Crippen MR) is 82.6 cm³/mol. The lowest BCUT2D eigenvalue weighted by Gasteiger charge is -2.22. The highest BCUT2D eigenvalue weighted by molar-refractivity contribution is 6.18. The molecule has 0 spiro atoms. The van der Waals surface area contributed by atoms with E-state index in [4.69, 9.17) is 11.6 Å². The average Bonchev–Trinajstić information content (AvgIpc) is 2.40. The van der Waals surface area contributed by atoms with Gasteiger partial charge in [-0.3, -0.25) is 0 Å². The molecule has 2 atom stereocenters. The Kier molecular flexibility index (Phi) is 7.42. The minimum Gasteiger partial charge on any atom is -0.126 e. The molecular formula is C17H27Cl. The molecule has 0 amide bonds. The highest BCUT2D eigenvalue weighted by Crippen LogP contribution is 2.31. The van der Waals surface area contributed by atoms with Crippen LogP contribution in [0.5, 0.6) is 0 Å². The molecule has 1 rings (SSSR count). The number of alkyl halides is 1. The zero-order valence-electron chi connectivity index (χ0n) is 12.1. The standard InChI is InChI=1S/C17H27Cl/c1-4-6-10-15(5-2)12-16(13-18)17-11-8-7-9-14(17)3/h7-9,11,15-16H,4-6,10,12-13H2,1-3H3. The highest BCUT2D eigenvalue weighted by atomic mass is 35.5. The number of unbranched alkanes of at least 4 members (excludes halogenated alkanes) is 1. The molecule has 18 heavy (non-hydrogen) atoms. The van der Waals surface area contributed by atoms with Crippen LogP contribution in [0.3, 0.4) is 0 Å². The molecule has 0 aromatic heterocycles. The van der Waals surface area contributed by atoms with Gasteiger partial charge in [-0.1, -0.05) is 63.8 Å². The van der Waals surface area contributed by atoms with Gasteiger partial charge in [-0.25, -0.2) is 0 Å². The summed E-state index contributed by atoms with van der Waals surface area (Å²) in [6, 6.07) is 8.68. The van der Waals surface area contributed by atoms with Gasteiger partial charge in [0.2, 0.25) is 0 Å². The van der Waals surface area contributed by atoms with Crippen LogP contribution in [0, 0.1) is 12.8 Å². The summed E-state index contributed by atoms with van der Waals surface area (Å²) in [5, 5.41) is 0. The third-order valence-electron chi connectivity index (χ3n) is 3.98. The summed E-state index contributed by atoms with van der Waals surface area (Å²) in [4.78, 5) is 0. The SMILES string of the molecule is CCCCC(CC)CC(CCl)c1ccccc1C. The molecule has 0 N–H and O–H groups in total. The molecular weight excluding hydrogens is 240 g/mol. The first kappa shape index (κ1) is 15.6. The van der Waals surface area contributed by atoms with E-state index < -0.39 is 0 Å². The van der Waals surface area contributed by atoms with Crippen LogP contribution in [-0.2, 0) is 0 Å². The Bertz CT molecular complexity index is 332. The van der Waals surface area contributed by atoms with Crippen molar-refractivity contribution in [1.29, 1.82) is 0 Å². The number of hydrogen-bond donors (Lipinski definition) is 0. The normalized spacial score (nSPS) is 14.4. The van der Waals surface area contributed by atoms with Gasteiger partial charge in [0.15, 0.2) is 0 Å². The van der Waals surface area contributed by atoms with Crippen LogP contribution in [0.4, 0.5) is 0 Å². The lowest BCUT2D eigenvalue weighted by Crippen LogP contribution is -2.10. The molecule has 1 heteroatoms. The quantitative estimate of drug-likeness (QED) is 0.512. The second-order valence-electron chi connectivity index (χ2n) is 5.36. The van der Waals surface area contributed by atoms with Gasteiger partial charge < -0.3 is 0 Å². The van der Waals surface area contributed by atoms with Crippen molar-refractivity contribution in [3.63, 3.8) is 0 Å². The van der Waals surface area contributed by atoms with Crippen molar-refractivity contribution in [3.05, 3.63) is 35.4 Å². The smallest absolute Gasteiger partial charge is 0.0292 e. The largest absolute Gasteiger partial charge is 0.126 e. The molecule has 0 nitrogen and oxygen atoms in total. The summed E-state index contributed by atoms with van der Waals surface area (Å²) < 4.78 is 0. The Morgan fingerprint density at radius 2 is 1.89 bits per heavy atom. The summed E-state index contributed by atoms with van der Waals surface area (Å²) in [6.45, 7) is 6.78. The minimum atomic E-state index is 0.523. The van der Waals surface area contributed by atoms with Gasteiger partial charge in [-0.05, 0) is 36.3 Å². The molecule has 0 aliphatic heterocycles. The van der Waals surface area contributed by atoms with Crippen molar-refractivity contribution in [2.75, 3.05) is 5.88 Å². The highest BCUT2D eigenvalue weighted by Gasteiger charge is 2.17. The van der Waals surface area contributed by atoms with E-state index in [-0.39, 0.29) is 0 Å². The molecule has 1 aromatic rings. The van der Waals surface area contributed by atoms with Crippen molar-refractivity contribution < 1.29 is 0 Å². The van der Waals surface area contributed by atoms with E-state index >= 15 is 0 Å². The monoisotopic (exact) mass is 266 g/mol. The maximum Gasteiger partial charge on any atom is 0.0292 e. The summed E-state index contributed by atoms with van der Waals surface area (Å²) in [7, 11) is 0. The number of aryl methyl sites for hydroxylation is 1. The van der Waals surface area contributed by atoms with Crippen molar-refractivity contribution in [2.45, 2.75) is 58.8 Å². The van der Waals surface area contributed by atoms with E-state index in [9.17, 15) is 0 Å². The lowest BCUT2D eigenvalue weighted by molar-refractivity contribution is 0.395. The number of hydrogen-bond acceptors (Lipinski definition) is 0. The Morgan fingerprint density at radius 3 is 2.44 bits per heavy atom. The van der Waals surface area contributed by atoms with E-state index in [2.05, 4.69) is 45.0 Å². The van der Waals surface area contributed by atoms with Gasteiger partial charge in [0.1, 0.15) is 0 Å². The summed E-state index contributed by atoms with van der Waals surface area (Å²) >= 11 is 6.21. The second kappa shape index (κ2) is 8.58. The van der Waals surface area contributed by atoms with Crippen molar-refractivity contribution in [2.24, 2.45) is 5.92 Å². The van der Waals surface area contributed by atoms with Crippen LogP contribution in [0.25, 0.3) is 0 Å². The fourth-order valence-electron chi connectivity index (χ4n) is 2.70. The fraction of sp³-hybridized carbons (Fsp3) is 0.647. The molecule has 0 bridgehead atoms. The Morgan fingerprint density at radius 1 is 1.17 bits per heavy atom. The zero-order valence-corrected chi connectivity index (χ0v) is 12.8. The topological polar surface area (TPSA) is 0 Å². The molecule has 1 aromatic carbocycles. The van der Waals surface area contributed by atoms with Gasteiger partial charge in [0.25, 0.3) is 0 Å². The van der Waals surface area contributed by atoms with Gasteiger partial charge >= 0.3 is 0 Å². The first-order valence-corrected chi connectivity index (χ1v) is 7.87. The predicted octanol–water partition coefficient (Wildman–Crippen LogP) is 5.92. The molecule has 0 radical (unpaired) electrons. The number of benzene rings is 1. The first-order chi connectivity index (χ1) is 8.72. The third kappa shape index (κ3) is 4.65. The molecule has 0 aliphatic carbocycles. The Hall–Kier alpha value is -0.490. The maximum atomic E-state index is 6.21. The van der Waals surface area contributed by atoms with Gasteiger partial charge in [0, 0.05) is 5.88 Å². The average molecular weight is 267 g/mol. The Balaban J connectivity index is 2.68. The fourth-order valence-corrected chi connectivity index (χ4v) is 2.99. The molecule has 0 saturated heterocycles. The van der Waals surface area contributed by atoms with E-state index in [0.717, 1.165) is 11.8 Å². The molecule has 102 valence electrons. The Labute approximate surface area is 118 Å². The van der Waals surface area contributed by atoms with Crippen LogP contribution in [0.15, 0.2) is 24.3 Å². The summed E-state index contributed by atoms with van der Waals surface area (Å²) in [5.41, 5.74) is 2.83. The van der Waals surface area contributed by atoms with Crippen molar-refractivity contribution in [1.82, 2.24) is 0 Å². The molecule has 2 unspecified atom stereocenters. The van der Waals surface area contributed by atoms with E-state index in [1.807, 2.05) is 0 Å². The van der Waals surface area contributed by atoms with Gasteiger partial charge in [0.05, 0.1) is 0 Å². The van der Waals surface area contributed by atoms with Crippen LogP contribution >= 0.6 is 11.6 Å². The molecule has 0 aliphatic rings. The number of rotatable bonds is 8.